The molecule has 0 radical (unpaired) electrons. The van der Waals surface area contributed by atoms with Crippen LogP contribution in [-0.2, 0) is 7.05 Å². The number of hydrogen-bond donors (Lipinski definition) is 0. The first-order valence-corrected chi connectivity index (χ1v) is 4.01. The molecule has 1 heterocycles. The Kier molecular flexibility index (Phi) is 2.18. The Bertz CT molecular complexity index is 328. The zero-order chi connectivity index (χ0) is 9.30. The molecule has 0 aliphatic rings. The molecule has 0 saturated carbocycles. The quantitative estimate of drug-likeness (QED) is 0.632. The third kappa shape index (κ3) is 1.20. The van der Waals surface area contributed by atoms with Crippen molar-refractivity contribution in [3.05, 3.63) is 17.0 Å². The minimum Gasteiger partial charge on any atom is -0.271 e. The van der Waals surface area contributed by atoms with Crippen molar-refractivity contribution < 1.29 is 0 Å². The molecule has 0 aliphatic heterocycles. The lowest BCUT2D eigenvalue weighted by molar-refractivity contribution is 0.664. The standard InChI is InChI=1S/C9H13N3/c1-6(2)9-8(5-10)7(3)11-12(9)4/h6H,1-4H3. The van der Waals surface area contributed by atoms with Gasteiger partial charge >= 0.3 is 0 Å². The predicted molar refractivity (Wildman–Crippen MR) is 46.7 cm³/mol. The van der Waals surface area contributed by atoms with Crippen LogP contribution < -0.4 is 0 Å². The SMILES string of the molecule is Cc1nn(C)c(C(C)C)c1C#N. The Morgan fingerprint density at radius 3 is 2.42 bits per heavy atom. The molecule has 0 aliphatic carbocycles. The van der Waals surface area contributed by atoms with Crippen molar-refractivity contribution in [1.29, 1.82) is 5.26 Å². The molecular formula is C9H13N3. The van der Waals surface area contributed by atoms with E-state index in [1.807, 2.05) is 14.0 Å². The molecular weight excluding hydrogens is 150 g/mol. The van der Waals surface area contributed by atoms with Crippen LogP contribution in [0.25, 0.3) is 0 Å². The summed E-state index contributed by atoms with van der Waals surface area (Å²) in [5.41, 5.74) is 2.58. The summed E-state index contributed by atoms with van der Waals surface area (Å²) >= 11 is 0. The largest absolute Gasteiger partial charge is 0.271 e. The third-order valence-electron chi connectivity index (χ3n) is 1.93. The summed E-state index contributed by atoms with van der Waals surface area (Å²) in [6.07, 6.45) is 0. The fourth-order valence-electron chi connectivity index (χ4n) is 1.48. The predicted octanol–water partition coefficient (Wildman–Crippen LogP) is 1.72. The van der Waals surface area contributed by atoms with Crippen molar-refractivity contribution in [3.63, 3.8) is 0 Å². The van der Waals surface area contributed by atoms with Crippen LogP contribution in [0.5, 0.6) is 0 Å². The molecule has 0 fully saturated rings. The van der Waals surface area contributed by atoms with E-state index in [0.717, 1.165) is 17.0 Å². The summed E-state index contributed by atoms with van der Waals surface area (Å²) in [6, 6.07) is 2.18. The van der Waals surface area contributed by atoms with Crippen LogP contribution in [0.4, 0.5) is 0 Å². The molecule has 0 saturated heterocycles. The van der Waals surface area contributed by atoms with Crippen molar-refractivity contribution in [2.75, 3.05) is 0 Å². The molecule has 3 nitrogen and oxygen atoms in total. The highest BCUT2D eigenvalue weighted by Crippen LogP contribution is 2.20. The Morgan fingerprint density at radius 1 is 1.50 bits per heavy atom. The van der Waals surface area contributed by atoms with E-state index >= 15 is 0 Å². The van der Waals surface area contributed by atoms with Gasteiger partial charge in [-0.25, -0.2) is 0 Å². The molecule has 1 aromatic heterocycles. The summed E-state index contributed by atoms with van der Waals surface area (Å²) < 4.78 is 1.79. The Balaban J connectivity index is 3.35. The highest BCUT2D eigenvalue weighted by molar-refractivity contribution is 5.38. The smallest absolute Gasteiger partial charge is 0.103 e. The van der Waals surface area contributed by atoms with Crippen molar-refractivity contribution in [2.45, 2.75) is 26.7 Å². The van der Waals surface area contributed by atoms with Crippen molar-refractivity contribution in [1.82, 2.24) is 9.78 Å². The molecule has 0 atom stereocenters. The van der Waals surface area contributed by atoms with Crippen LogP contribution in [0.2, 0.25) is 0 Å². The summed E-state index contributed by atoms with van der Waals surface area (Å²) in [6.45, 7) is 6.00. The van der Waals surface area contributed by atoms with Gasteiger partial charge in [0.25, 0.3) is 0 Å². The van der Waals surface area contributed by atoms with E-state index in [2.05, 4.69) is 25.0 Å². The van der Waals surface area contributed by atoms with Crippen LogP contribution in [0, 0.1) is 18.3 Å². The second-order valence-corrected chi connectivity index (χ2v) is 3.24. The number of nitriles is 1. The lowest BCUT2D eigenvalue weighted by Gasteiger charge is -2.04. The van der Waals surface area contributed by atoms with E-state index < -0.39 is 0 Å². The number of hydrogen-bond acceptors (Lipinski definition) is 2. The fourth-order valence-corrected chi connectivity index (χ4v) is 1.48. The molecule has 0 amide bonds. The highest BCUT2D eigenvalue weighted by atomic mass is 15.3. The summed E-state index contributed by atoms with van der Waals surface area (Å²) in [4.78, 5) is 0. The van der Waals surface area contributed by atoms with E-state index in [1.165, 1.54) is 0 Å². The molecule has 3 heteroatoms. The molecule has 1 aromatic rings. The van der Waals surface area contributed by atoms with Crippen LogP contribution in [0.1, 0.15) is 36.7 Å². The summed E-state index contributed by atoms with van der Waals surface area (Å²) in [5.74, 6) is 0.353. The average molecular weight is 163 g/mol. The fraction of sp³-hybridized carbons (Fsp3) is 0.556. The van der Waals surface area contributed by atoms with Gasteiger partial charge in [-0.1, -0.05) is 13.8 Å². The van der Waals surface area contributed by atoms with Gasteiger partial charge in [0, 0.05) is 7.05 Å². The average Bonchev–Trinajstić information content (AvgIpc) is 2.24. The summed E-state index contributed by atoms with van der Waals surface area (Å²) in [5, 5.41) is 13.1. The van der Waals surface area contributed by atoms with E-state index in [0.29, 0.717) is 5.92 Å². The van der Waals surface area contributed by atoms with E-state index in [9.17, 15) is 0 Å². The van der Waals surface area contributed by atoms with Crippen LogP contribution in [-0.4, -0.2) is 9.78 Å². The van der Waals surface area contributed by atoms with Crippen LogP contribution >= 0.6 is 0 Å². The van der Waals surface area contributed by atoms with Gasteiger partial charge in [0.15, 0.2) is 0 Å². The molecule has 0 bridgehead atoms. The number of aryl methyl sites for hydroxylation is 2. The maximum absolute atomic E-state index is 8.86. The second-order valence-electron chi connectivity index (χ2n) is 3.24. The number of nitrogens with zero attached hydrogens (tertiary/aromatic N) is 3. The van der Waals surface area contributed by atoms with E-state index in [1.54, 1.807) is 4.68 Å². The summed E-state index contributed by atoms with van der Waals surface area (Å²) in [7, 11) is 1.88. The van der Waals surface area contributed by atoms with E-state index in [4.69, 9.17) is 5.26 Å². The Labute approximate surface area is 72.6 Å². The minimum atomic E-state index is 0.353. The molecule has 0 spiro atoms. The zero-order valence-corrected chi connectivity index (χ0v) is 7.92. The topological polar surface area (TPSA) is 41.6 Å². The van der Waals surface area contributed by atoms with Gasteiger partial charge < -0.3 is 0 Å². The van der Waals surface area contributed by atoms with Gasteiger partial charge in [0.2, 0.25) is 0 Å². The normalized spacial score (nSPS) is 10.3. The first-order valence-electron chi connectivity index (χ1n) is 4.01. The Morgan fingerprint density at radius 2 is 2.08 bits per heavy atom. The van der Waals surface area contributed by atoms with Gasteiger partial charge in [-0.05, 0) is 12.8 Å². The van der Waals surface area contributed by atoms with Gasteiger partial charge in [0.1, 0.15) is 6.07 Å². The lowest BCUT2D eigenvalue weighted by atomic mass is 10.1. The lowest BCUT2D eigenvalue weighted by Crippen LogP contribution is -2.01. The van der Waals surface area contributed by atoms with Gasteiger partial charge in [0.05, 0.1) is 17.0 Å². The van der Waals surface area contributed by atoms with E-state index in [-0.39, 0.29) is 0 Å². The van der Waals surface area contributed by atoms with Gasteiger partial charge in [-0.2, -0.15) is 10.4 Å². The third-order valence-corrected chi connectivity index (χ3v) is 1.93. The van der Waals surface area contributed by atoms with Crippen LogP contribution in [0.15, 0.2) is 0 Å². The van der Waals surface area contributed by atoms with Gasteiger partial charge in [-0.3, -0.25) is 4.68 Å². The van der Waals surface area contributed by atoms with Crippen molar-refractivity contribution in [2.24, 2.45) is 7.05 Å². The second kappa shape index (κ2) is 2.98. The first kappa shape index (κ1) is 8.79. The zero-order valence-electron chi connectivity index (χ0n) is 7.92. The molecule has 12 heavy (non-hydrogen) atoms. The highest BCUT2D eigenvalue weighted by Gasteiger charge is 2.14. The van der Waals surface area contributed by atoms with Crippen LogP contribution in [0.3, 0.4) is 0 Å². The molecule has 0 aromatic carbocycles. The van der Waals surface area contributed by atoms with Crippen molar-refractivity contribution in [3.8, 4) is 6.07 Å². The number of rotatable bonds is 1. The maximum Gasteiger partial charge on any atom is 0.103 e. The minimum absolute atomic E-state index is 0.353. The monoisotopic (exact) mass is 163 g/mol. The molecule has 0 N–H and O–H groups in total. The van der Waals surface area contributed by atoms with Gasteiger partial charge in [-0.15, -0.1) is 0 Å². The molecule has 0 unspecified atom stereocenters. The number of aromatic nitrogens is 2. The van der Waals surface area contributed by atoms with Crippen molar-refractivity contribution >= 4 is 0 Å². The Hall–Kier alpha value is -1.30. The molecule has 64 valence electrons. The maximum atomic E-state index is 8.86. The molecule has 1 rings (SSSR count). The first-order chi connectivity index (χ1) is 5.57.